The van der Waals surface area contributed by atoms with Gasteiger partial charge < -0.3 is 10.1 Å². The summed E-state index contributed by atoms with van der Waals surface area (Å²) < 4.78 is 19.2. The Morgan fingerprint density at radius 2 is 2.11 bits per heavy atom. The number of hydrogen-bond donors (Lipinski definition) is 1. The van der Waals surface area contributed by atoms with Crippen LogP contribution in [-0.2, 0) is 0 Å². The quantitative estimate of drug-likeness (QED) is 0.835. The van der Waals surface area contributed by atoms with Crippen LogP contribution < -0.4 is 10.1 Å². The molecule has 19 heavy (non-hydrogen) atoms. The molecule has 1 N–H and O–H groups in total. The van der Waals surface area contributed by atoms with Crippen molar-refractivity contribution >= 4 is 0 Å². The molecule has 2 rings (SSSR count). The Bertz CT molecular complexity index is 408. The monoisotopic (exact) mass is 265 g/mol. The third kappa shape index (κ3) is 3.69. The third-order valence-corrected chi connectivity index (χ3v) is 4.06. The normalized spacial score (nSPS) is 23.9. The van der Waals surface area contributed by atoms with E-state index in [4.69, 9.17) is 4.74 Å². The lowest BCUT2D eigenvalue weighted by molar-refractivity contribution is 0.408. The van der Waals surface area contributed by atoms with Gasteiger partial charge in [0.2, 0.25) is 0 Å². The fourth-order valence-electron chi connectivity index (χ4n) is 3.08. The standard InChI is InChI=1S/C16H24FNO/c1-3-18-13-7-5-4-6-12(10-13)15-9-8-14(19-2)11-16(15)17/h8-9,11-13,18H,3-7,10H2,1-2H3. The highest BCUT2D eigenvalue weighted by atomic mass is 19.1. The van der Waals surface area contributed by atoms with E-state index in [0.29, 0.717) is 17.7 Å². The fourth-order valence-corrected chi connectivity index (χ4v) is 3.08. The summed E-state index contributed by atoms with van der Waals surface area (Å²) in [4.78, 5) is 0. The van der Waals surface area contributed by atoms with Crippen molar-refractivity contribution in [2.24, 2.45) is 0 Å². The minimum Gasteiger partial charge on any atom is -0.497 e. The van der Waals surface area contributed by atoms with Gasteiger partial charge in [-0.05, 0) is 43.4 Å². The molecule has 1 aromatic carbocycles. The van der Waals surface area contributed by atoms with Gasteiger partial charge in [0.25, 0.3) is 0 Å². The van der Waals surface area contributed by atoms with Crippen molar-refractivity contribution in [3.63, 3.8) is 0 Å². The molecule has 1 fully saturated rings. The van der Waals surface area contributed by atoms with Crippen molar-refractivity contribution in [3.8, 4) is 5.75 Å². The second-order valence-corrected chi connectivity index (χ2v) is 5.36. The first-order chi connectivity index (χ1) is 9.24. The average molecular weight is 265 g/mol. The highest BCUT2D eigenvalue weighted by Gasteiger charge is 2.23. The number of nitrogens with one attached hydrogen (secondary N) is 1. The molecular weight excluding hydrogens is 241 g/mol. The molecule has 1 aromatic rings. The number of hydrogen-bond acceptors (Lipinski definition) is 2. The molecule has 2 unspecified atom stereocenters. The van der Waals surface area contributed by atoms with E-state index in [2.05, 4.69) is 12.2 Å². The largest absolute Gasteiger partial charge is 0.497 e. The SMILES string of the molecule is CCNC1CCCCC(c2ccc(OC)cc2F)C1. The van der Waals surface area contributed by atoms with Crippen LogP contribution in [0, 0.1) is 5.82 Å². The Hall–Kier alpha value is -1.09. The van der Waals surface area contributed by atoms with Gasteiger partial charge in [-0.3, -0.25) is 0 Å². The molecule has 1 saturated carbocycles. The van der Waals surface area contributed by atoms with E-state index in [9.17, 15) is 4.39 Å². The molecule has 1 aliphatic carbocycles. The molecule has 1 aliphatic rings. The first-order valence-electron chi connectivity index (χ1n) is 7.31. The Kier molecular flexibility index (Phi) is 5.20. The summed E-state index contributed by atoms with van der Waals surface area (Å²) in [5, 5.41) is 3.52. The summed E-state index contributed by atoms with van der Waals surface area (Å²) >= 11 is 0. The predicted molar refractivity (Wildman–Crippen MR) is 76.2 cm³/mol. The van der Waals surface area contributed by atoms with E-state index >= 15 is 0 Å². The molecule has 0 saturated heterocycles. The topological polar surface area (TPSA) is 21.3 Å². The molecule has 0 aromatic heterocycles. The third-order valence-electron chi connectivity index (χ3n) is 4.06. The van der Waals surface area contributed by atoms with Crippen molar-refractivity contribution in [3.05, 3.63) is 29.6 Å². The van der Waals surface area contributed by atoms with Crippen LogP contribution in [0.1, 0.15) is 50.5 Å². The average Bonchev–Trinajstić information content (AvgIpc) is 2.64. The van der Waals surface area contributed by atoms with Crippen LogP contribution in [0.2, 0.25) is 0 Å². The minimum atomic E-state index is -0.124. The van der Waals surface area contributed by atoms with E-state index < -0.39 is 0 Å². The molecule has 2 nitrogen and oxygen atoms in total. The molecule has 0 radical (unpaired) electrons. The molecule has 106 valence electrons. The lowest BCUT2D eigenvalue weighted by atomic mass is 9.90. The van der Waals surface area contributed by atoms with E-state index in [0.717, 1.165) is 24.9 Å². The van der Waals surface area contributed by atoms with Gasteiger partial charge in [0.1, 0.15) is 11.6 Å². The van der Waals surface area contributed by atoms with Gasteiger partial charge in [0.15, 0.2) is 0 Å². The van der Waals surface area contributed by atoms with Crippen molar-refractivity contribution < 1.29 is 9.13 Å². The summed E-state index contributed by atoms with van der Waals surface area (Å²) in [6.45, 7) is 3.12. The van der Waals surface area contributed by atoms with Crippen molar-refractivity contribution in [2.45, 2.75) is 51.0 Å². The lowest BCUT2D eigenvalue weighted by Gasteiger charge is -2.21. The molecule has 0 amide bonds. The molecule has 3 heteroatoms. The predicted octanol–water partition coefficient (Wildman–Crippen LogP) is 3.86. The number of methoxy groups -OCH3 is 1. The summed E-state index contributed by atoms with van der Waals surface area (Å²) in [7, 11) is 1.57. The second-order valence-electron chi connectivity index (χ2n) is 5.36. The van der Waals surface area contributed by atoms with Crippen LogP contribution in [0.5, 0.6) is 5.75 Å². The highest BCUT2D eigenvalue weighted by Crippen LogP contribution is 2.34. The van der Waals surface area contributed by atoms with Crippen LogP contribution in [0.3, 0.4) is 0 Å². The fraction of sp³-hybridized carbons (Fsp3) is 0.625. The maximum atomic E-state index is 14.2. The highest BCUT2D eigenvalue weighted by molar-refractivity contribution is 5.31. The Morgan fingerprint density at radius 3 is 2.79 bits per heavy atom. The molecule has 0 heterocycles. The van der Waals surface area contributed by atoms with E-state index in [1.807, 2.05) is 12.1 Å². The van der Waals surface area contributed by atoms with Crippen molar-refractivity contribution in [1.29, 1.82) is 0 Å². The maximum Gasteiger partial charge on any atom is 0.130 e. The van der Waals surface area contributed by atoms with Crippen LogP contribution in [0.4, 0.5) is 4.39 Å². The van der Waals surface area contributed by atoms with E-state index in [1.54, 1.807) is 7.11 Å². The van der Waals surface area contributed by atoms with Crippen LogP contribution >= 0.6 is 0 Å². The zero-order valence-corrected chi connectivity index (χ0v) is 11.9. The van der Waals surface area contributed by atoms with Crippen molar-refractivity contribution in [2.75, 3.05) is 13.7 Å². The van der Waals surface area contributed by atoms with Gasteiger partial charge >= 0.3 is 0 Å². The minimum absolute atomic E-state index is 0.124. The maximum absolute atomic E-state index is 14.2. The van der Waals surface area contributed by atoms with Gasteiger partial charge in [-0.15, -0.1) is 0 Å². The lowest BCUT2D eigenvalue weighted by Crippen LogP contribution is -2.29. The van der Waals surface area contributed by atoms with Gasteiger partial charge in [-0.25, -0.2) is 4.39 Å². The molecule has 0 aliphatic heterocycles. The second kappa shape index (κ2) is 6.90. The molecule has 0 spiro atoms. The number of rotatable bonds is 4. The summed E-state index contributed by atoms with van der Waals surface area (Å²) in [6.07, 6.45) is 5.77. The zero-order chi connectivity index (χ0) is 13.7. The Labute approximate surface area is 115 Å². The van der Waals surface area contributed by atoms with Crippen LogP contribution in [-0.4, -0.2) is 19.7 Å². The van der Waals surface area contributed by atoms with E-state index in [1.165, 1.54) is 25.3 Å². The Morgan fingerprint density at radius 1 is 1.32 bits per heavy atom. The smallest absolute Gasteiger partial charge is 0.130 e. The number of benzene rings is 1. The summed E-state index contributed by atoms with van der Waals surface area (Å²) in [5.74, 6) is 0.803. The van der Waals surface area contributed by atoms with Gasteiger partial charge in [-0.1, -0.05) is 25.8 Å². The molecular formula is C16H24FNO. The summed E-state index contributed by atoms with van der Waals surface area (Å²) in [5.41, 5.74) is 0.852. The van der Waals surface area contributed by atoms with E-state index in [-0.39, 0.29) is 5.82 Å². The number of ether oxygens (including phenoxy) is 1. The first kappa shape index (κ1) is 14.3. The molecule has 2 atom stereocenters. The summed E-state index contributed by atoms with van der Waals surface area (Å²) in [6, 6.07) is 5.79. The first-order valence-corrected chi connectivity index (χ1v) is 7.31. The number of halogens is 1. The molecule has 0 bridgehead atoms. The Balaban J connectivity index is 2.14. The van der Waals surface area contributed by atoms with Gasteiger partial charge in [-0.2, -0.15) is 0 Å². The van der Waals surface area contributed by atoms with Crippen molar-refractivity contribution in [1.82, 2.24) is 5.32 Å². The van der Waals surface area contributed by atoms with Gasteiger partial charge in [0, 0.05) is 12.1 Å². The van der Waals surface area contributed by atoms with Crippen LogP contribution in [0.25, 0.3) is 0 Å². The van der Waals surface area contributed by atoms with Gasteiger partial charge in [0.05, 0.1) is 7.11 Å². The van der Waals surface area contributed by atoms with Crippen LogP contribution in [0.15, 0.2) is 18.2 Å². The zero-order valence-electron chi connectivity index (χ0n) is 11.9.